The van der Waals surface area contributed by atoms with Crippen LogP contribution in [0.25, 0.3) is 21.8 Å². The lowest BCUT2D eigenvalue weighted by Crippen LogP contribution is -2.49. The molecule has 2 amide bonds. The number of hydrogen-bond donors (Lipinski definition) is 3. The van der Waals surface area contributed by atoms with Crippen LogP contribution < -0.4 is 11.6 Å². The molecule has 30 heavy (non-hydrogen) atoms. The van der Waals surface area contributed by atoms with E-state index in [1.807, 2.05) is 42.6 Å². The highest BCUT2D eigenvalue weighted by Crippen LogP contribution is 2.47. The van der Waals surface area contributed by atoms with Crippen LogP contribution in [-0.2, 0) is 28.1 Å². The van der Waals surface area contributed by atoms with Crippen molar-refractivity contribution in [3.63, 3.8) is 0 Å². The molecule has 150 valence electrons. The van der Waals surface area contributed by atoms with Gasteiger partial charge in [-0.3, -0.25) is 9.59 Å². The van der Waals surface area contributed by atoms with Crippen LogP contribution in [0.15, 0.2) is 54.9 Å². The standard InChI is InChI=1S/C23H21N5O2/c24-23(17-11-26-18-9-2-1-7-15(17)18)19(21(29)28(25)22(23)30)16-12-27-10-4-6-13-5-3-8-14(16)20(13)27/h1-3,5,7-9,11-12,19,26H,4,6,10,24-25H2/t19-,23+/m0/s1. The van der Waals surface area contributed by atoms with E-state index in [1.165, 1.54) is 5.56 Å². The summed E-state index contributed by atoms with van der Waals surface area (Å²) in [7, 11) is 0. The molecular formula is C23H21N5O2. The fourth-order valence-corrected chi connectivity index (χ4v) is 5.33. The number of nitrogens with one attached hydrogen (secondary N) is 1. The maximum absolute atomic E-state index is 13.3. The lowest BCUT2D eigenvalue weighted by Gasteiger charge is -2.26. The molecule has 1 fully saturated rings. The Morgan fingerprint density at radius 1 is 1.07 bits per heavy atom. The number of aromatic amines is 1. The first kappa shape index (κ1) is 17.4. The zero-order valence-corrected chi connectivity index (χ0v) is 16.3. The third-order valence-corrected chi connectivity index (χ3v) is 6.72. The van der Waals surface area contributed by atoms with Crippen LogP contribution in [0.5, 0.6) is 0 Å². The first-order valence-electron chi connectivity index (χ1n) is 10.1. The van der Waals surface area contributed by atoms with Crippen LogP contribution in [0, 0.1) is 0 Å². The Morgan fingerprint density at radius 2 is 1.87 bits per heavy atom. The van der Waals surface area contributed by atoms with Gasteiger partial charge in [-0.25, -0.2) is 10.9 Å². The summed E-state index contributed by atoms with van der Waals surface area (Å²) in [5.74, 6) is 3.98. The Morgan fingerprint density at radius 3 is 2.73 bits per heavy atom. The molecule has 0 spiro atoms. The molecule has 5 N–H and O–H groups in total. The number of imide groups is 1. The maximum Gasteiger partial charge on any atom is 0.269 e. The van der Waals surface area contributed by atoms with Crippen molar-refractivity contribution in [3.05, 3.63) is 71.5 Å². The number of benzene rings is 2. The van der Waals surface area contributed by atoms with E-state index >= 15 is 0 Å². The van der Waals surface area contributed by atoms with Crippen molar-refractivity contribution in [3.8, 4) is 0 Å². The SMILES string of the molecule is NN1C(=O)[C@H](c2cn3c4c(cccc24)CCC3)[C@](N)(c2c[nH]c3ccccc23)C1=O. The summed E-state index contributed by atoms with van der Waals surface area (Å²) in [4.78, 5) is 29.8. The van der Waals surface area contributed by atoms with Crippen molar-refractivity contribution in [1.29, 1.82) is 0 Å². The molecule has 7 nitrogen and oxygen atoms in total. The topological polar surface area (TPSA) is 110 Å². The van der Waals surface area contributed by atoms with Crippen LogP contribution in [0.4, 0.5) is 0 Å². The van der Waals surface area contributed by atoms with Crippen LogP contribution in [0.1, 0.15) is 29.0 Å². The van der Waals surface area contributed by atoms with Gasteiger partial charge < -0.3 is 15.3 Å². The van der Waals surface area contributed by atoms with Crippen LogP contribution in [0.3, 0.4) is 0 Å². The van der Waals surface area contributed by atoms with E-state index in [2.05, 4.69) is 15.6 Å². The Kier molecular flexibility index (Phi) is 3.38. The number of nitrogens with two attached hydrogens (primary N) is 2. The van der Waals surface area contributed by atoms with Gasteiger partial charge in [0.15, 0.2) is 0 Å². The quantitative estimate of drug-likeness (QED) is 0.273. The number of H-pyrrole nitrogens is 1. The number of hydrogen-bond acceptors (Lipinski definition) is 4. The Hall–Kier alpha value is -3.42. The van der Waals surface area contributed by atoms with Crippen molar-refractivity contribution in [1.82, 2.24) is 14.6 Å². The second kappa shape index (κ2) is 5.81. The van der Waals surface area contributed by atoms with Gasteiger partial charge in [-0.05, 0) is 30.0 Å². The minimum absolute atomic E-state index is 0.475. The van der Waals surface area contributed by atoms with Gasteiger partial charge >= 0.3 is 0 Å². The van der Waals surface area contributed by atoms with Crippen LogP contribution in [0.2, 0.25) is 0 Å². The lowest BCUT2D eigenvalue weighted by atomic mass is 9.76. The first-order valence-corrected chi connectivity index (χ1v) is 10.1. The second-order valence-electron chi connectivity index (χ2n) is 8.26. The summed E-state index contributed by atoms with van der Waals surface area (Å²) >= 11 is 0. The third-order valence-electron chi connectivity index (χ3n) is 6.72. The molecule has 4 aromatic rings. The van der Waals surface area contributed by atoms with Gasteiger partial charge in [0.1, 0.15) is 5.54 Å². The molecular weight excluding hydrogens is 378 g/mol. The van der Waals surface area contributed by atoms with E-state index in [0.717, 1.165) is 46.8 Å². The van der Waals surface area contributed by atoms with E-state index < -0.39 is 23.3 Å². The summed E-state index contributed by atoms with van der Waals surface area (Å²) in [5, 5.41) is 2.47. The van der Waals surface area contributed by atoms with Gasteiger partial charge in [-0.2, -0.15) is 0 Å². The predicted molar refractivity (Wildman–Crippen MR) is 113 cm³/mol. The number of aryl methyl sites for hydroxylation is 2. The summed E-state index contributed by atoms with van der Waals surface area (Å²) in [6, 6.07) is 13.7. The minimum Gasteiger partial charge on any atom is -0.361 e. The summed E-state index contributed by atoms with van der Waals surface area (Å²) in [6.45, 7) is 0.874. The molecule has 6 rings (SSSR count). The molecule has 2 aliphatic rings. The van der Waals surface area contributed by atoms with E-state index in [4.69, 9.17) is 11.6 Å². The average Bonchev–Trinajstić information content (AvgIpc) is 3.40. The molecule has 2 atom stereocenters. The Balaban J connectivity index is 1.65. The fourth-order valence-electron chi connectivity index (χ4n) is 5.33. The second-order valence-corrected chi connectivity index (χ2v) is 8.26. The molecule has 0 saturated carbocycles. The number of rotatable bonds is 2. The highest BCUT2D eigenvalue weighted by Gasteiger charge is 2.59. The highest BCUT2D eigenvalue weighted by atomic mass is 16.2. The van der Waals surface area contributed by atoms with E-state index in [0.29, 0.717) is 10.6 Å². The molecule has 0 aliphatic carbocycles. The van der Waals surface area contributed by atoms with Gasteiger partial charge in [0.05, 0.1) is 11.4 Å². The minimum atomic E-state index is -1.59. The van der Waals surface area contributed by atoms with E-state index in [-0.39, 0.29) is 0 Å². The van der Waals surface area contributed by atoms with Crippen LogP contribution >= 0.6 is 0 Å². The number of hydrazine groups is 1. The Labute approximate surface area is 172 Å². The number of carbonyl (C=O) groups is 2. The fraction of sp³-hybridized carbons (Fsp3) is 0.217. The smallest absolute Gasteiger partial charge is 0.269 e. The molecule has 1 saturated heterocycles. The molecule has 7 heteroatoms. The Bertz CT molecular complexity index is 1370. The summed E-state index contributed by atoms with van der Waals surface area (Å²) in [6.07, 6.45) is 5.75. The van der Waals surface area contributed by atoms with Gasteiger partial charge in [0.25, 0.3) is 11.8 Å². The zero-order valence-electron chi connectivity index (χ0n) is 16.3. The molecule has 0 unspecified atom stereocenters. The number of fused-ring (bicyclic) bond motifs is 1. The third kappa shape index (κ3) is 2.00. The monoisotopic (exact) mass is 399 g/mol. The molecule has 0 radical (unpaired) electrons. The molecule has 2 aromatic heterocycles. The first-order chi connectivity index (χ1) is 14.5. The van der Waals surface area contributed by atoms with E-state index in [9.17, 15) is 9.59 Å². The normalized spacial score (nSPS) is 23.8. The van der Waals surface area contributed by atoms with Crippen molar-refractivity contribution in [2.75, 3.05) is 0 Å². The molecule has 0 bridgehead atoms. The van der Waals surface area contributed by atoms with Gasteiger partial charge in [0.2, 0.25) is 0 Å². The number of aromatic nitrogens is 2. The average molecular weight is 399 g/mol. The van der Waals surface area contributed by atoms with Gasteiger partial charge in [-0.15, -0.1) is 0 Å². The molecule has 2 aliphatic heterocycles. The number of carbonyl (C=O) groups excluding carboxylic acids is 2. The van der Waals surface area contributed by atoms with Gasteiger partial charge in [0, 0.05) is 40.8 Å². The largest absolute Gasteiger partial charge is 0.361 e. The summed E-state index contributed by atoms with van der Waals surface area (Å²) < 4.78 is 2.18. The van der Waals surface area contributed by atoms with Crippen molar-refractivity contribution >= 4 is 33.6 Å². The molecule has 2 aromatic carbocycles. The number of nitrogens with zero attached hydrogens (tertiary/aromatic N) is 2. The number of amides is 2. The number of para-hydroxylation sites is 2. The summed E-state index contributed by atoms with van der Waals surface area (Å²) in [5.41, 5.74) is 9.85. The lowest BCUT2D eigenvalue weighted by molar-refractivity contribution is -0.140. The van der Waals surface area contributed by atoms with Gasteiger partial charge in [-0.1, -0.05) is 36.4 Å². The zero-order chi connectivity index (χ0) is 20.6. The highest BCUT2D eigenvalue weighted by molar-refractivity contribution is 6.15. The molecule has 4 heterocycles. The van der Waals surface area contributed by atoms with Crippen molar-refractivity contribution < 1.29 is 9.59 Å². The maximum atomic E-state index is 13.3. The van der Waals surface area contributed by atoms with Crippen molar-refractivity contribution in [2.24, 2.45) is 11.6 Å². The predicted octanol–water partition coefficient (Wildman–Crippen LogP) is 2.25. The van der Waals surface area contributed by atoms with E-state index in [1.54, 1.807) is 6.20 Å². The van der Waals surface area contributed by atoms with Crippen LogP contribution in [-0.4, -0.2) is 26.4 Å². The van der Waals surface area contributed by atoms with Crippen molar-refractivity contribution in [2.45, 2.75) is 30.8 Å².